The number of ether oxygens (including phenoxy) is 3. The van der Waals surface area contributed by atoms with Gasteiger partial charge in [-0.15, -0.1) is 0 Å². The lowest BCUT2D eigenvalue weighted by atomic mass is 9.66. The third-order valence-electron chi connectivity index (χ3n) is 5.52. The minimum Gasteiger partial charge on any atom is -0.454 e. The standard InChI is InChI=1S/C17H17NO4/c1-20-11-2-3-17-12-6-14-13(21-9-22-14)4-10(12)7-18(8-16(17)19)15(17)5-11/h2-4,6,11,15H,5,7-9H2,1H3/t11-,15+,17+/m1/s1. The van der Waals surface area contributed by atoms with Crippen molar-refractivity contribution in [2.24, 2.45) is 0 Å². The largest absolute Gasteiger partial charge is 0.454 e. The lowest BCUT2D eigenvalue weighted by Gasteiger charge is -2.44. The van der Waals surface area contributed by atoms with E-state index in [4.69, 9.17) is 14.2 Å². The van der Waals surface area contributed by atoms with Crippen molar-refractivity contribution in [2.45, 2.75) is 30.5 Å². The van der Waals surface area contributed by atoms with Crippen molar-refractivity contribution in [3.8, 4) is 11.5 Å². The third kappa shape index (κ3) is 1.38. The van der Waals surface area contributed by atoms with Crippen molar-refractivity contribution < 1.29 is 19.0 Å². The summed E-state index contributed by atoms with van der Waals surface area (Å²) in [5, 5.41) is 0. The zero-order valence-electron chi connectivity index (χ0n) is 12.4. The molecule has 3 aliphatic heterocycles. The molecule has 0 radical (unpaired) electrons. The molecule has 3 heterocycles. The number of rotatable bonds is 1. The Morgan fingerprint density at radius 3 is 2.91 bits per heavy atom. The predicted octanol–water partition coefficient (Wildman–Crippen LogP) is 1.39. The Morgan fingerprint density at radius 1 is 1.27 bits per heavy atom. The van der Waals surface area contributed by atoms with Crippen LogP contribution in [0.4, 0.5) is 0 Å². The van der Waals surface area contributed by atoms with E-state index >= 15 is 0 Å². The third-order valence-corrected chi connectivity index (χ3v) is 5.52. The van der Waals surface area contributed by atoms with Crippen LogP contribution < -0.4 is 9.47 Å². The SMILES string of the molecule is CO[C@@H]1C=C[C@]23C(=O)CN(Cc4cc5c(cc42)OCO5)[C@H]3C1. The minimum absolute atomic E-state index is 0.0853. The highest BCUT2D eigenvalue weighted by atomic mass is 16.7. The molecule has 2 bridgehead atoms. The number of methoxy groups -OCH3 is 1. The Bertz CT molecular complexity index is 713. The molecule has 5 rings (SSSR count). The van der Waals surface area contributed by atoms with Crippen molar-refractivity contribution in [3.63, 3.8) is 0 Å². The van der Waals surface area contributed by atoms with Gasteiger partial charge in [-0.25, -0.2) is 0 Å². The maximum atomic E-state index is 12.9. The molecule has 1 unspecified atom stereocenters. The molecule has 0 amide bonds. The van der Waals surface area contributed by atoms with Gasteiger partial charge in [-0.2, -0.15) is 0 Å². The maximum absolute atomic E-state index is 12.9. The molecule has 1 saturated heterocycles. The second-order valence-corrected chi connectivity index (χ2v) is 6.44. The molecule has 0 N–H and O–H groups in total. The van der Waals surface area contributed by atoms with E-state index in [9.17, 15) is 4.79 Å². The summed E-state index contributed by atoms with van der Waals surface area (Å²) in [6, 6.07) is 4.24. The summed E-state index contributed by atoms with van der Waals surface area (Å²) in [6.07, 6.45) is 5.05. The molecule has 114 valence electrons. The fourth-order valence-corrected chi connectivity index (χ4v) is 4.48. The molecule has 1 aliphatic carbocycles. The summed E-state index contributed by atoms with van der Waals surface area (Å²) in [7, 11) is 1.72. The molecule has 22 heavy (non-hydrogen) atoms. The smallest absolute Gasteiger partial charge is 0.231 e. The number of hydrogen-bond donors (Lipinski definition) is 0. The second-order valence-electron chi connectivity index (χ2n) is 6.44. The normalized spacial score (nSPS) is 37.1. The van der Waals surface area contributed by atoms with Gasteiger partial charge in [-0.1, -0.05) is 12.2 Å². The molecule has 1 aromatic rings. The summed E-state index contributed by atoms with van der Waals surface area (Å²) in [6.45, 7) is 1.55. The van der Waals surface area contributed by atoms with E-state index in [-0.39, 0.29) is 24.7 Å². The highest BCUT2D eigenvalue weighted by Gasteiger charge is 2.58. The molecule has 0 spiro atoms. The second kappa shape index (κ2) is 4.12. The van der Waals surface area contributed by atoms with Crippen LogP contribution in [-0.4, -0.2) is 43.3 Å². The van der Waals surface area contributed by atoms with Gasteiger partial charge in [0.2, 0.25) is 6.79 Å². The molecule has 1 aromatic carbocycles. The molecular weight excluding hydrogens is 282 g/mol. The van der Waals surface area contributed by atoms with Gasteiger partial charge in [0.1, 0.15) is 0 Å². The van der Waals surface area contributed by atoms with Crippen LogP contribution in [-0.2, 0) is 21.5 Å². The molecule has 4 aliphatic rings. The van der Waals surface area contributed by atoms with Crippen LogP contribution >= 0.6 is 0 Å². The number of Topliss-reactive ketones (excluding diaryl/α,β-unsaturated/α-hetero) is 1. The number of fused-ring (bicyclic) bond motifs is 2. The number of nitrogens with zero attached hydrogens (tertiary/aromatic N) is 1. The number of hydrogen-bond acceptors (Lipinski definition) is 5. The Hall–Kier alpha value is -1.85. The van der Waals surface area contributed by atoms with Gasteiger partial charge in [0.15, 0.2) is 17.3 Å². The quantitative estimate of drug-likeness (QED) is 0.734. The molecular formula is C17H17NO4. The van der Waals surface area contributed by atoms with E-state index in [1.807, 2.05) is 18.2 Å². The lowest BCUT2D eigenvalue weighted by Crippen LogP contribution is -2.51. The van der Waals surface area contributed by atoms with Gasteiger partial charge >= 0.3 is 0 Å². The maximum Gasteiger partial charge on any atom is 0.231 e. The summed E-state index contributed by atoms with van der Waals surface area (Å²) >= 11 is 0. The minimum atomic E-state index is -0.538. The number of ketones is 1. The van der Waals surface area contributed by atoms with E-state index in [0.29, 0.717) is 6.54 Å². The van der Waals surface area contributed by atoms with Gasteiger partial charge < -0.3 is 14.2 Å². The van der Waals surface area contributed by atoms with E-state index < -0.39 is 5.41 Å². The van der Waals surface area contributed by atoms with Crippen molar-refractivity contribution in [3.05, 3.63) is 35.4 Å². The van der Waals surface area contributed by atoms with Gasteiger partial charge in [-0.3, -0.25) is 9.69 Å². The van der Waals surface area contributed by atoms with Crippen molar-refractivity contribution in [2.75, 3.05) is 20.4 Å². The molecule has 0 saturated carbocycles. The number of carbonyl (C=O) groups is 1. The summed E-state index contributed by atoms with van der Waals surface area (Å²) < 4.78 is 16.5. The van der Waals surface area contributed by atoms with E-state index in [1.54, 1.807) is 7.11 Å². The Kier molecular flexibility index (Phi) is 2.37. The fraction of sp³-hybridized carbons (Fsp3) is 0.471. The number of carbonyl (C=O) groups excluding carboxylic acids is 1. The average molecular weight is 299 g/mol. The Balaban J connectivity index is 1.73. The van der Waals surface area contributed by atoms with Gasteiger partial charge in [0.05, 0.1) is 18.1 Å². The first kappa shape index (κ1) is 12.7. The first-order valence-electron chi connectivity index (χ1n) is 7.65. The van der Waals surface area contributed by atoms with Crippen molar-refractivity contribution in [1.29, 1.82) is 0 Å². The molecule has 5 heteroatoms. The molecule has 4 atom stereocenters. The summed E-state index contributed by atoms with van der Waals surface area (Å²) in [4.78, 5) is 15.1. The van der Waals surface area contributed by atoms with Crippen LogP contribution in [0.25, 0.3) is 0 Å². The molecule has 1 fully saturated rings. The predicted molar refractivity (Wildman–Crippen MR) is 78.0 cm³/mol. The monoisotopic (exact) mass is 299 g/mol. The van der Waals surface area contributed by atoms with Crippen LogP contribution in [0.5, 0.6) is 11.5 Å². The highest BCUT2D eigenvalue weighted by Crippen LogP contribution is 2.52. The number of benzene rings is 1. The van der Waals surface area contributed by atoms with Gasteiger partial charge in [-0.05, 0) is 29.7 Å². The highest BCUT2D eigenvalue weighted by molar-refractivity contribution is 5.98. The average Bonchev–Trinajstić information content (AvgIpc) is 3.06. The summed E-state index contributed by atoms with van der Waals surface area (Å²) in [5.74, 6) is 1.82. The van der Waals surface area contributed by atoms with Gasteiger partial charge in [0, 0.05) is 19.7 Å². The zero-order valence-corrected chi connectivity index (χ0v) is 12.4. The van der Waals surface area contributed by atoms with E-state index in [2.05, 4.69) is 11.0 Å². The van der Waals surface area contributed by atoms with Gasteiger partial charge in [0.25, 0.3) is 0 Å². The van der Waals surface area contributed by atoms with Crippen LogP contribution in [0, 0.1) is 0 Å². The van der Waals surface area contributed by atoms with Crippen molar-refractivity contribution >= 4 is 5.78 Å². The van der Waals surface area contributed by atoms with Crippen LogP contribution in [0.3, 0.4) is 0 Å². The Morgan fingerprint density at radius 2 is 2.09 bits per heavy atom. The van der Waals surface area contributed by atoms with Crippen LogP contribution in [0.2, 0.25) is 0 Å². The molecule has 0 aromatic heterocycles. The molecule has 5 nitrogen and oxygen atoms in total. The first-order chi connectivity index (χ1) is 10.7. The van der Waals surface area contributed by atoms with E-state index in [1.165, 1.54) is 5.56 Å². The Labute approximate surface area is 128 Å². The van der Waals surface area contributed by atoms with Crippen LogP contribution in [0.1, 0.15) is 17.5 Å². The first-order valence-corrected chi connectivity index (χ1v) is 7.65. The van der Waals surface area contributed by atoms with Crippen molar-refractivity contribution in [1.82, 2.24) is 4.90 Å². The van der Waals surface area contributed by atoms with Crippen LogP contribution in [0.15, 0.2) is 24.3 Å². The zero-order chi connectivity index (χ0) is 14.9. The topological polar surface area (TPSA) is 48.0 Å². The van der Waals surface area contributed by atoms with E-state index in [0.717, 1.165) is 30.0 Å². The summed E-state index contributed by atoms with van der Waals surface area (Å²) in [5.41, 5.74) is 1.72. The lowest BCUT2D eigenvalue weighted by molar-refractivity contribution is -0.120. The fourth-order valence-electron chi connectivity index (χ4n) is 4.48.